The van der Waals surface area contributed by atoms with Crippen LogP contribution in [0.1, 0.15) is 5.69 Å². The van der Waals surface area contributed by atoms with E-state index in [0.717, 1.165) is 11.3 Å². The van der Waals surface area contributed by atoms with Crippen LogP contribution in [0.5, 0.6) is 0 Å². The second-order valence-corrected chi connectivity index (χ2v) is 5.31. The number of aliphatic hydroxyl groups excluding tert-OH is 1. The van der Waals surface area contributed by atoms with Crippen molar-refractivity contribution in [1.82, 2.24) is 9.71 Å². The molecule has 0 aliphatic rings. The highest BCUT2D eigenvalue weighted by atomic mass is 32.2. The third-order valence-electron chi connectivity index (χ3n) is 1.41. The van der Waals surface area contributed by atoms with Crippen molar-refractivity contribution in [2.24, 2.45) is 0 Å². The molecule has 0 fully saturated rings. The molecule has 0 saturated heterocycles. The van der Waals surface area contributed by atoms with Gasteiger partial charge in [-0.2, -0.15) is 0 Å². The second kappa shape index (κ2) is 4.69. The fourth-order valence-corrected chi connectivity index (χ4v) is 2.12. The third kappa shape index (κ3) is 3.58. The van der Waals surface area contributed by atoms with Crippen LogP contribution < -0.4 is 9.60 Å². The molecule has 0 aliphatic heterocycles. The summed E-state index contributed by atoms with van der Waals surface area (Å²) < 4.78 is 24.3. The predicted octanol–water partition coefficient (Wildman–Crippen LogP) is -1.15. The minimum Gasteiger partial charge on any atom is -0.395 e. The molecule has 0 atom stereocenters. The fourth-order valence-electron chi connectivity index (χ4n) is 0.781. The first-order valence-corrected chi connectivity index (χ1v) is 6.31. The minimum absolute atomic E-state index is 0.0427. The van der Waals surface area contributed by atoms with Crippen LogP contribution in [0.4, 0.5) is 0 Å². The average molecular weight is 238 g/mol. The van der Waals surface area contributed by atoms with Crippen LogP contribution >= 0.6 is 11.3 Å². The summed E-state index contributed by atoms with van der Waals surface area (Å²) in [6.07, 6.45) is 0. The van der Waals surface area contributed by atoms with Crippen LogP contribution in [-0.2, 0) is 16.6 Å². The number of aromatic amines is 1. The lowest BCUT2D eigenvalue weighted by molar-refractivity contribution is 0.319. The van der Waals surface area contributed by atoms with Gasteiger partial charge in [-0.3, -0.25) is 4.79 Å². The standard InChI is InChI=1S/C6H10N2O4S2/c9-1-2-14(11,12)7-3-5-4-13-6(10)8-5/h4,7,9H,1-3H2,(H,8,10). The molecule has 0 amide bonds. The van der Waals surface area contributed by atoms with Crippen molar-refractivity contribution in [3.05, 3.63) is 20.7 Å². The first kappa shape index (κ1) is 11.4. The number of aromatic nitrogens is 1. The van der Waals surface area contributed by atoms with Crippen LogP contribution in [0.3, 0.4) is 0 Å². The van der Waals surface area contributed by atoms with Gasteiger partial charge in [-0.15, -0.1) is 0 Å². The van der Waals surface area contributed by atoms with Gasteiger partial charge >= 0.3 is 4.87 Å². The largest absolute Gasteiger partial charge is 0.395 e. The number of aliphatic hydroxyl groups is 1. The van der Waals surface area contributed by atoms with Crippen molar-refractivity contribution in [3.63, 3.8) is 0 Å². The van der Waals surface area contributed by atoms with E-state index in [2.05, 4.69) is 9.71 Å². The highest BCUT2D eigenvalue weighted by Crippen LogP contribution is 1.95. The van der Waals surface area contributed by atoms with Crippen molar-refractivity contribution in [2.75, 3.05) is 12.4 Å². The maximum absolute atomic E-state index is 11.1. The first-order valence-electron chi connectivity index (χ1n) is 3.78. The molecule has 0 saturated carbocycles. The zero-order chi connectivity index (χ0) is 10.6. The molecule has 1 heterocycles. The Hall–Kier alpha value is -0.700. The minimum atomic E-state index is -3.44. The molecule has 0 spiro atoms. The Morgan fingerprint density at radius 3 is 2.79 bits per heavy atom. The van der Waals surface area contributed by atoms with E-state index in [1.807, 2.05) is 0 Å². The molecule has 1 rings (SSSR count). The molecule has 80 valence electrons. The molecular formula is C6H10N2O4S2. The number of sulfonamides is 1. The summed E-state index contributed by atoms with van der Waals surface area (Å²) >= 11 is 0.973. The molecule has 0 aromatic carbocycles. The van der Waals surface area contributed by atoms with Crippen LogP contribution in [0.25, 0.3) is 0 Å². The molecule has 8 heteroatoms. The lowest BCUT2D eigenvalue weighted by Gasteiger charge is -2.02. The fraction of sp³-hybridized carbons (Fsp3) is 0.500. The van der Waals surface area contributed by atoms with Gasteiger partial charge in [0.25, 0.3) is 0 Å². The molecule has 1 aromatic rings. The first-order chi connectivity index (χ1) is 6.53. The zero-order valence-corrected chi connectivity index (χ0v) is 8.82. The van der Waals surface area contributed by atoms with Gasteiger partial charge in [0.15, 0.2) is 0 Å². The number of rotatable bonds is 5. The normalized spacial score (nSPS) is 11.8. The van der Waals surface area contributed by atoms with Gasteiger partial charge in [0.2, 0.25) is 10.0 Å². The Bertz CT molecular complexity index is 433. The number of nitrogens with one attached hydrogen (secondary N) is 2. The van der Waals surface area contributed by atoms with E-state index >= 15 is 0 Å². The summed E-state index contributed by atoms with van der Waals surface area (Å²) in [6.45, 7) is -0.378. The Morgan fingerprint density at radius 2 is 2.29 bits per heavy atom. The van der Waals surface area contributed by atoms with Gasteiger partial charge in [0.1, 0.15) is 0 Å². The molecule has 0 radical (unpaired) electrons. The Kier molecular flexibility index (Phi) is 3.81. The predicted molar refractivity (Wildman–Crippen MR) is 52.7 cm³/mol. The number of H-pyrrole nitrogens is 1. The van der Waals surface area contributed by atoms with E-state index in [0.29, 0.717) is 5.69 Å². The average Bonchev–Trinajstić information content (AvgIpc) is 2.48. The Morgan fingerprint density at radius 1 is 1.57 bits per heavy atom. The van der Waals surface area contributed by atoms with E-state index in [4.69, 9.17) is 5.11 Å². The van der Waals surface area contributed by atoms with E-state index in [1.165, 1.54) is 0 Å². The van der Waals surface area contributed by atoms with E-state index in [1.54, 1.807) is 5.38 Å². The quantitative estimate of drug-likeness (QED) is 0.603. The Labute approximate surface area is 84.7 Å². The SMILES string of the molecule is O=c1[nH]c(CNS(=O)(=O)CCO)cs1. The van der Waals surface area contributed by atoms with E-state index in [9.17, 15) is 13.2 Å². The van der Waals surface area contributed by atoms with Crippen molar-refractivity contribution in [2.45, 2.75) is 6.54 Å². The second-order valence-electron chi connectivity index (χ2n) is 2.54. The van der Waals surface area contributed by atoms with Crippen LogP contribution in [0.15, 0.2) is 10.2 Å². The molecule has 6 nitrogen and oxygen atoms in total. The zero-order valence-electron chi connectivity index (χ0n) is 7.19. The number of hydrogen-bond acceptors (Lipinski definition) is 5. The number of thiazole rings is 1. The van der Waals surface area contributed by atoms with E-state index in [-0.39, 0.29) is 17.2 Å². The molecule has 0 aliphatic carbocycles. The summed E-state index contributed by atoms with van der Waals surface area (Å²) in [7, 11) is -3.44. The molecule has 0 unspecified atom stereocenters. The molecule has 1 aromatic heterocycles. The van der Waals surface area contributed by atoms with Crippen molar-refractivity contribution in [1.29, 1.82) is 0 Å². The topological polar surface area (TPSA) is 99.3 Å². The third-order valence-corrected chi connectivity index (χ3v) is 3.44. The highest BCUT2D eigenvalue weighted by molar-refractivity contribution is 7.89. The lowest BCUT2D eigenvalue weighted by Crippen LogP contribution is -2.27. The van der Waals surface area contributed by atoms with Crippen LogP contribution in [0, 0.1) is 0 Å². The smallest absolute Gasteiger partial charge is 0.304 e. The van der Waals surface area contributed by atoms with Crippen molar-refractivity contribution >= 4 is 21.4 Å². The Balaban J connectivity index is 2.53. The van der Waals surface area contributed by atoms with Crippen LogP contribution in [-0.4, -0.2) is 30.9 Å². The van der Waals surface area contributed by atoms with Gasteiger partial charge in [-0.25, -0.2) is 13.1 Å². The van der Waals surface area contributed by atoms with Crippen LogP contribution in [0.2, 0.25) is 0 Å². The van der Waals surface area contributed by atoms with Gasteiger partial charge in [0.05, 0.1) is 18.9 Å². The van der Waals surface area contributed by atoms with Gasteiger partial charge < -0.3 is 10.1 Å². The summed E-state index contributed by atoms with van der Waals surface area (Å²) in [5, 5.41) is 9.97. The van der Waals surface area contributed by atoms with Gasteiger partial charge in [-0.05, 0) is 0 Å². The monoisotopic (exact) mass is 238 g/mol. The van der Waals surface area contributed by atoms with Crippen molar-refractivity contribution in [3.8, 4) is 0 Å². The summed E-state index contributed by atoms with van der Waals surface area (Å²) in [4.78, 5) is 12.9. The molecular weight excluding hydrogens is 228 g/mol. The summed E-state index contributed by atoms with van der Waals surface area (Å²) in [5.41, 5.74) is 0.515. The summed E-state index contributed by atoms with van der Waals surface area (Å²) in [5.74, 6) is -0.332. The number of hydrogen-bond donors (Lipinski definition) is 3. The molecule has 0 bridgehead atoms. The summed E-state index contributed by atoms with van der Waals surface area (Å²) in [6, 6.07) is 0. The molecule has 3 N–H and O–H groups in total. The highest BCUT2D eigenvalue weighted by Gasteiger charge is 2.08. The molecule has 14 heavy (non-hydrogen) atoms. The maximum Gasteiger partial charge on any atom is 0.304 e. The van der Waals surface area contributed by atoms with Gasteiger partial charge in [0, 0.05) is 11.1 Å². The maximum atomic E-state index is 11.1. The van der Waals surface area contributed by atoms with Gasteiger partial charge in [-0.1, -0.05) is 11.3 Å². The van der Waals surface area contributed by atoms with Crippen molar-refractivity contribution < 1.29 is 13.5 Å². The lowest BCUT2D eigenvalue weighted by atomic mass is 10.5. The van der Waals surface area contributed by atoms with E-state index < -0.39 is 16.6 Å².